The molecular formula is C13H22N4OS. The monoisotopic (exact) mass is 282 g/mol. The molecule has 6 heteroatoms. The van der Waals surface area contributed by atoms with Gasteiger partial charge in [0, 0.05) is 19.6 Å². The van der Waals surface area contributed by atoms with E-state index < -0.39 is 0 Å². The maximum atomic E-state index is 12.0. The van der Waals surface area contributed by atoms with Crippen molar-refractivity contribution in [3.63, 3.8) is 0 Å². The van der Waals surface area contributed by atoms with Crippen LogP contribution in [0.5, 0.6) is 0 Å². The number of piperidine rings is 1. The molecule has 0 spiro atoms. The van der Waals surface area contributed by atoms with E-state index in [4.69, 9.17) is 0 Å². The maximum absolute atomic E-state index is 12.0. The van der Waals surface area contributed by atoms with E-state index in [9.17, 15) is 4.79 Å². The highest BCUT2D eigenvalue weighted by molar-refractivity contribution is 7.08. The Kier molecular flexibility index (Phi) is 5.27. The van der Waals surface area contributed by atoms with Gasteiger partial charge in [-0.1, -0.05) is 18.3 Å². The van der Waals surface area contributed by atoms with Gasteiger partial charge in [-0.2, -0.15) is 0 Å². The number of aryl methyl sites for hydroxylation is 1. The molecular weight excluding hydrogens is 260 g/mol. The zero-order chi connectivity index (χ0) is 13.7. The number of hydrogen-bond donors (Lipinski definition) is 1. The second kappa shape index (κ2) is 6.96. The molecule has 0 aromatic carbocycles. The Morgan fingerprint density at radius 1 is 1.58 bits per heavy atom. The Bertz CT molecular complexity index is 421. The van der Waals surface area contributed by atoms with Gasteiger partial charge in [-0.15, -0.1) is 5.10 Å². The zero-order valence-electron chi connectivity index (χ0n) is 11.7. The fourth-order valence-electron chi connectivity index (χ4n) is 2.51. The van der Waals surface area contributed by atoms with Crippen molar-refractivity contribution in [3.8, 4) is 0 Å². The van der Waals surface area contributed by atoms with Gasteiger partial charge in [-0.25, -0.2) is 0 Å². The van der Waals surface area contributed by atoms with E-state index in [1.807, 2.05) is 6.92 Å². The molecule has 2 rings (SSSR count). The van der Waals surface area contributed by atoms with E-state index in [0.717, 1.165) is 37.7 Å². The lowest BCUT2D eigenvalue weighted by Crippen LogP contribution is -2.40. The van der Waals surface area contributed by atoms with Gasteiger partial charge >= 0.3 is 0 Å². The fraction of sp³-hybridized carbons (Fsp3) is 0.769. The van der Waals surface area contributed by atoms with Crippen molar-refractivity contribution in [1.82, 2.24) is 19.8 Å². The van der Waals surface area contributed by atoms with Gasteiger partial charge in [0.2, 0.25) is 0 Å². The van der Waals surface area contributed by atoms with Crippen molar-refractivity contribution < 1.29 is 4.79 Å². The summed E-state index contributed by atoms with van der Waals surface area (Å²) >= 11 is 1.18. The van der Waals surface area contributed by atoms with Gasteiger partial charge < -0.3 is 10.2 Å². The number of rotatable bonds is 5. The number of carbonyl (C=O) groups is 1. The third-order valence-corrected chi connectivity index (χ3v) is 4.32. The molecule has 0 radical (unpaired) electrons. The number of carbonyl (C=O) groups excluding carboxylic acids is 1. The maximum Gasteiger partial charge on any atom is 0.264 e. The minimum atomic E-state index is -0.0306. The van der Waals surface area contributed by atoms with Gasteiger partial charge in [0.1, 0.15) is 4.88 Å². The lowest BCUT2D eigenvalue weighted by Gasteiger charge is -2.30. The van der Waals surface area contributed by atoms with E-state index in [1.165, 1.54) is 24.4 Å². The third-order valence-electron chi connectivity index (χ3n) is 3.55. The molecule has 2 heterocycles. The summed E-state index contributed by atoms with van der Waals surface area (Å²) in [6.07, 6.45) is 3.35. The van der Waals surface area contributed by atoms with E-state index in [-0.39, 0.29) is 5.91 Å². The summed E-state index contributed by atoms with van der Waals surface area (Å²) in [5.74, 6) is 0.749. The van der Waals surface area contributed by atoms with Crippen LogP contribution in [0.25, 0.3) is 0 Å². The topological polar surface area (TPSA) is 58.1 Å². The second-order valence-electron chi connectivity index (χ2n) is 5.21. The van der Waals surface area contributed by atoms with Crippen LogP contribution in [0, 0.1) is 5.92 Å². The van der Waals surface area contributed by atoms with Gasteiger partial charge in [0.05, 0.1) is 5.69 Å². The van der Waals surface area contributed by atoms with E-state index >= 15 is 0 Å². The molecule has 1 fully saturated rings. The molecule has 106 valence electrons. The molecule has 1 aliphatic heterocycles. The highest BCUT2D eigenvalue weighted by Gasteiger charge is 2.17. The lowest BCUT2D eigenvalue weighted by atomic mass is 10.0. The van der Waals surface area contributed by atoms with Crippen LogP contribution in [0.15, 0.2) is 0 Å². The quantitative estimate of drug-likeness (QED) is 0.890. The molecule has 5 nitrogen and oxygen atoms in total. The van der Waals surface area contributed by atoms with Crippen molar-refractivity contribution in [1.29, 1.82) is 0 Å². The molecule has 1 amide bonds. The number of likely N-dealkylation sites (tertiary alicyclic amines) is 1. The minimum absolute atomic E-state index is 0.0306. The largest absolute Gasteiger partial charge is 0.350 e. The number of aromatic nitrogens is 2. The predicted octanol–water partition coefficient (Wildman–Crippen LogP) is 1.56. The van der Waals surface area contributed by atoms with E-state index in [0.29, 0.717) is 11.4 Å². The Hall–Kier alpha value is -1.01. The molecule has 1 aliphatic rings. The van der Waals surface area contributed by atoms with Crippen LogP contribution in [0.3, 0.4) is 0 Å². The highest BCUT2D eigenvalue weighted by Crippen LogP contribution is 2.14. The first-order valence-electron chi connectivity index (χ1n) is 7.02. The summed E-state index contributed by atoms with van der Waals surface area (Å²) in [6.45, 7) is 8.22. The average molecular weight is 282 g/mol. The molecule has 19 heavy (non-hydrogen) atoms. The lowest BCUT2D eigenvalue weighted by molar-refractivity contribution is 0.0947. The molecule has 0 bridgehead atoms. The first-order chi connectivity index (χ1) is 9.20. The fourth-order valence-corrected chi connectivity index (χ4v) is 3.18. The predicted molar refractivity (Wildman–Crippen MR) is 76.5 cm³/mol. The van der Waals surface area contributed by atoms with Gasteiger partial charge in [0.15, 0.2) is 0 Å². The van der Waals surface area contributed by atoms with Crippen LogP contribution < -0.4 is 5.32 Å². The minimum Gasteiger partial charge on any atom is -0.350 e. The van der Waals surface area contributed by atoms with Crippen molar-refractivity contribution in [2.45, 2.75) is 33.1 Å². The summed E-state index contributed by atoms with van der Waals surface area (Å²) in [6, 6.07) is 0. The van der Waals surface area contributed by atoms with Crippen LogP contribution >= 0.6 is 11.5 Å². The Morgan fingerprint density at radius 2 is 2.42 bits per heavy atom. The van der Waals surface area contributed by atoms with Gasteiger partial charge in [0.25, 0.3) is 5.91 Å². The van der Waals surface area contributed by atoms with E-state index in [1.54, 1.807) is 0 Å². The summed E-state index contributed by atoms with van der Waals surface area (Å²) in [4.78, 5) is 15.1. The number of hydrogen-bond acceptors (Lipinski definition) is 5. The third kappa shape index (κ3) is 3.98. The molecule has 1 aromatic rings. The molecule has 1 aromatic heterocycles. The molecule has 0 saturated carbocycles. The Labute approximate surface area is 118 Å². The van der Waals surface area contributed by atoms with Crippen molar-refractivity contribution in [3.05, 3.63) is 10.6 Å². The Morgan fingerprint density at radius 3 is 3.16 bits per heavy atom. The zero-order valence-corrected chi connectivity index (χ0v) is 12.5. The van der Waals surface area contributed by atoms with Gasteiger partial charge in [-0.05, 0) is 43.3 Å². The highest BCUT2D eigenvalue weighted by atomic mass is 32.1. The van der Waals surface area contributed by atoms with Crippen molar-refractivity contribution in [2.75, 3.05) is 26.2 Å². The standard InChI is InChI=1S/C13H22N4OS/c1-3-11-12(19-16-15-11)13(18)14-6-8-17-7-4-5-10(2)9-17/h10H,3-9H2,1-2H3,(H,14,18)/t10-/m1/s1. The van der Waals surface area contributed by atoms with Crippen LogP contribution in [-0.4, -0.2) is 46.6 Å². The summed E-state index contributed by atoms with van der Waals surface area (Å²) < 4.78 is 3.84. The van der Waals surface area contributed by atoms with E-state index in [2.05, 4.69) is 26.7 Å². The first kappa shape index (κ1) is 14.4. The summed E-state index contributed by atoms with van der Waals surface area (Å²) in [5.41, 5.74) is 0.800. The first-order valence-corrected chi connectivity index (χ1v) is 7.79. The molecule has 1 atom stereocenters. The number of nitrogens with one attached hydrogen (secondary N) is 1. The van der Waals surface area contributed by atoms with Crippen LogP contribution in [0.2, 0.25) is 0 Å². The normalized spacial score (nSPS) is 20.4. The summed E-state index contributed by atoms with van der Waals surface area (Å²) in [5, 5.41) is 6.93. The van der Waals surface area contributed by atoms with Crippen LogP contribution in [0.4, 0.5) is 0 Å². The van der Waals surface area contributed by atoms with Crippen LogP contribution in [-0.2, 0) is 6.42 Å². The summed E-state index contributed by atoms with van der Waals surface area (Å²) in [7, 11) is 0. The number of amides is 1. The Balaban J connectivity index is 1.75. The molecule has 0 aliphatic carbocycles. The van der Waals surface area contributed by atoms with Crippen molar-refractivity contribution >= 4 is 17.4 Å². The van der Waals surface area contributed by atoms with Crippen molar-refractivity contribution in [2.24, 2.45) is 5.92 Å². The molecule has 1 N–H and O–H groups in total. The smallest absolute Gasteiger partial charge is 0.264 e. The molecule has 1 saturated heterocycles. The average Bonchev–Trinajstić information content (AvgIpc) is 2.87. The SMILES string of the molecule is CCc1nnsc1C(=O)NCCN1CCC[C@@H](C)C1. The molecule has 0 unspecified atom stereocenters. The van der Waals surface area contributed by atoms with Gasteiger partial charge in [-0.3, -0.25) is 4.79 Å². The number of nitrogens with zero attached hydrogens (tertiary/aromatic N) is 3. The van der Waals surface area contributed by atoms with Crippen LogP contribution in [0.1, 0.15) is 42.1 Å². The second-order valence-corrected chi connectivity index (χ2v) is 5.96.